The minimum atomic E-state index is 1.20. The molecule has 0 fully saturated rings. The highest BCUT2D eigenvalue weighted by atomic mass is 14.2. The van der Waals surface area contributed by atoms with Gasteiger partial charge in [0.2, 0.25) is 0 Å². The molecule has 0 aromatic carbocycles. The highest BCUT2D eigenvalue weighted by Crippen LogP contribution is 2.30. The van der Waals surface area contributed by atoms with Crippen LogP contribution in [0.5, 0.6) is 0 Å². The molecule has 0 spiro atoms. The Hall–Kier alpha value is -1.56. The van der Waals surface area contributed by atoms with Gasteiger partial charge in [-0.05, 0) is 103 Å². The number of hydrogen-bond acceptors (Lipinski definition) is 0. The maximum atomic E-state index is 2.45. The summed E-state index contributed by atoms with van der Waals surface area (Å²) < 4.78 is 0. The average molecular weight is 405 g/mol. The first kappa shape index (κ1) is 23.1. The van der Waals surface area contributed by atoms with Crippen LogP contribution < -0.4 is 0 Å². The Labute approximate surface area is 186 Å². The summed E-state index contributed by atoms with van der Waals surface area (Å²) in [4.78, 5) is 0. The van der Waals surface area contributed by atoms with Gasteiger partial charge in [0.25, 0.3) is 0 Å². The Morgan fingerprint density at radius 2 is 0.567 bits per heavy atom. The van der Waals surface area contributed by atoms with Crippen LogP contribution in [0, 0.1) is 0 Å². The van der Waals surface area contributed by atoms with E-state index in [0.717, 1.165) is 0 Å². The predicted molar refractivity (Wildman–Crippen MR) is 134 cm³/mol. The van der Waals surface area contributed by atoms with Crippen molar-refractivity contribution in [1.82, 2.24) is 0 Å². The highest BCUT2D eigenvalue weighted by Gasteiger charge is 2.10. The van der Waals surface area contributed by atoms with Crippen molar-refractivity contribution in [3.8, 4) is 0 Å². The quantitative estimate of drug-likeness (QED) is 0.352. The van der Waals surface area contributed by atoms with Gasteiger partial charge in [-0.25, -0.2) is 0 Å². The third-order valence-corrected chi connectivity index (χ3v) is 7.04. The van der Waals surface area contributed by atoms with Crippen LogP contribution in [0.3, 0.4) is 0 Å². The summed E-state index contributed by atoms with van der Waals surface area (Å²) in [6, 6.07) is 0. The van der Waals surface area contributed by atoms with Crippen LogP contribution in [0.4, 0.5) is 0 Å². The minimum Gasteiger partial charge on any atom is -0.0879 e. The van der Waals surface area contributed by atoms with Crippen molar-refractivity contribution in [2.45, 2.75) is 116 Å². The van der Waals surface area contributed by atoms with Crippen molar-refractivity contribution in [2.75, 3.05) is 0 Å². The van der Waals surface area contributed by atoms with E-state index in [1.165, 1.54) is 116 Å². The highest BCUT2D eigenvalue weighted by molar-refractivity contribution is 5.22. The number of allylic oxidation sites excluding steroid dienone is 12. The van der Waals surface area contributed by atoms with E-state index in [-0.39, 0.29) is 0 Å². The molecule has 164 valence electrons. The first-order valence-electron chi connectivity index (χ1n) is 12.9. The van der Waals surface area contributed by atoms with E-state index in [1.807, 2.05) is 0 Å². The molecule has 0 saturated carbocycles. The zero-order chi connectivity index (χ0) is 20.7. The molecule has 0 saturated heterocycles. The van der Waals surface area contributed by atoms with E-state index < -0.39 is 0 Å². The molecule has 0 bridgehead atoms. The van der Waals surface area contributed by atoms with E-state index >= 15 is 0 Å². The number of rotatable bonds is 0. The maximum absolute atomic E-state index is 2.45. The normalized spacial score (nSPS) is 32.5. The minimum absolute atomic E-state index is 1.20. The summed E-state index contributed by atoms with van der Waals surface area (Å²) in [6.45, 7) is 0. The van der Waals surface area contributed by atoms with Gasteiger partial charge < -0.3 is 0 Å². The van der Waals surface area contributed by atoms with E-state index in [1.54, 1.807) is 22.3 Å². The second kappa shape index (κ2) is 14.4. The molecule has 3 aliphatic rings. The monoisotopic (exact) mass is 404 g/mol. The van der Waals surface area contributed by atoms with Crippen LogP contribution >= 0.6 is 0 Å². The standard InChI is InChI=1S/C30H44/c1-2-6-12-20-28-24-16-10-18-26-30-22-14-8-4-3-7-13-21-29(30)25-17-9-15-23-27(28)19-11-5-1/h5-8,11-14H,1-4,9-10,15-26H2/b11-5+,12-6+,13-7+,14-8+,28-27-,30-29-. The van der Waals surface area contributed by atoms with Gasteiger partial charge >= 0.3 is 0 Å². The SMILES string of the molecule is C1=C/C/C2=C(\C/C=C/CC/1)CCCCC/C1=C(/C/C=C/CC/C=C/C1)CCCCC2. The Bertz CT molecular complexity index is 561. The van der Waals surface area contributed by atoms with Gasteiger partial charge in [0.05, 0.1) is 0 Å². The van der Waals surface area contributed by atoms with Crippen molar-refractivity contribution in [1.29, 1.82) is 0 Å². The molecule has 30 heavy (non-hydrogen) atoms. The molecule has 0 unspecified atom stereocenters. The second-order valence-electron chi connectivity index (χ2n) is 9.39. The average Bonchev–Trinajstić information content (AvgIpc) is 2.77. The molecule has 0 nitrogen and oxygen atoms in total. The predicted octanol–water partition coefficient (Wildman–Crippen LogP) is 9.87. The molecule has 0 radical (unpaired) electrons. The smallest absolute Gasteiger partial charge is 0.0136 e. The molecule has 0 atom stereocenters. The van der Waals surface area contributed by atoms with Crippen LogP contribution in [-0.4, -0.2) is 0 Å². The Kier molecular flexibility index (Phi) is 11.1. The lowest BCUT2D eigenvalue weighted by Gasteiger charge is -2.18. The van der Waals surface area contributed by atoms with E-state index in [4.69, 9.17) is 0 Å². The van der Waals surface area contributed by atoms with Crippen LogP contribution in [-0.2, 0) is 0 Å². The zero-order valence-electron chi connectivity index (χ0n) is 19.3. The molecular formula is C30H44. The van der Waals surface area contributed by atoms with Crippen molar-refractivity contribution >= 4 is 0 Å². The zero-order valence-corrected chi connectivity index (χ0v) is 19.3. The van der Waals surface area contributed by atoms with Gasteiger partial charge in [-0.2, -0.15) is 0 Å². The van der Waals surface area contributed by atoms with Gasteiger partial charge in [0.1, 0.15) is 0 Å². The summed E-state index contributed by atoms with van der Waals surface area (Å²) in [5.74, 6) is 0. The van der Waals surface area contributed by atoms with Crippen molar-refractivity contribution in [3.05, 3.63) is 70.9 Å². The largest absolute Gasteiger partial charge is 0.0879 e. The lowest BCUT2D eigenvalue weighted by molar-refractivity contribution is 0.623. The van der Waals surface area contributed by atoms with Gasteiger partial charge in [0.15, 0.2) is 0 Å². The Morgan fingerprint density at radius 3 is 0.833 bits per heavy atom. The van der Waals surface area contributed by atoms with Gasteiger partial charge in [0, 0.05) is 0 Å². The summed E-state index contributed by atoms with van der Waals surface area (Å²) in [5.41, 5.74) is 7.06. The third kappa shape index (κ3) is 8.66. The van der Waals surface area contributed by atoms with Gasteiger partial charge in [-0.15, -0.1) is 0 Å². The van der Waals surface area contributed by atoms with Crippen molar-refractivity contribution in [2.24, 2.45) is 0 Å². The molecule has 0 heterocycles. The fraction of sp³-hybridized carbons (Fsp3) is 0.600. The first-order chi connectivity index (χ1) is 14.9. The van der Waals surface area contributed by atoms with E-state index in [0.29, 0.717) is 0 Å². The fourth-order valence-corrected chi connectivity index (χ4v) is 5.16. The molecule has 0 amide bonds. The molecule has 0 aromatic heterocycles. The van der Waals surface area contributed by atoms with Crippen molar-refractivity contribution < 1.29 is 0 Å². The molecule has 0 aromatic rings. The fourth-order valence-electron chi connectivity index (χ4n) is 5.16. The summed E-state index contributed by atoms with van der Waals surface area (Å²) in [7, 11) is 0. The first-order valence-corrected chi connectivity index (χ1v) is 12.9. The van der Waals surface area contributed by atoms with Crippen LogP contribution in [0.2, 0.25) is 0 Å². The Morgan fingerprint density at radius 1 is 0.300 bits per heavy atom. The topological polar surface area (TPSA) is 0 Å². The maximum Gasteiger partial charge on any atom is -0.0136 e. The summed E-state index contributed by atoms with van der Waals surface area (Å²) >= 11 is 0. The molecular weight excluding hydrogens is 360 g/mol. The lowest BCUT2D eigenvalue weighted by Crippen LogP contribution is -1.98. The van der Waals surface area contributed by atoms with Gasteiger partial charge in [-0.3, -0.25) is 0 Å². The van der Waals surface area contributed by atoms with E-state index in [9.17, 15) is 0 Å². The summed E-state index contributed by atoms with van der Waals surface area (Å²) in [5, 5.41) is 0. The van der Waals surface area contributed by atoms with Crippen molar-refractivity contribution in [3.63, 3.8) is 0 Å². The molecule has 0 heteroatoms. The van der Waals surface area contributed by atoms with Crippen LogP contribution in [0.15, 0.2) is 70.9 Å². The Balaban J connectivity index is 1.68. The van der Waals surface area contributed by atoms with E-state index in [2.05, 4.69) is 48.6 Å². The summed E-state index contributed by atoms with van der Waals surface area (Å²) in [6.07, 6.45) is 42.6. The molecule has 3 aliphatic carbocycles. The van der Waals surface area contributed by atoms with Crippen LogP contribution in [0.1, 0.15) is 116 Å². The molecule has 0 aliphatic heterocycles. The molecule has 0 N–H and O–H groups in total. The molecule has 3 rings (SSSR count). The third-order valence-electron chi connectivity index (χ3n) is 7.04. The number of hydrogen-bond donors (Lipinski definition) is 0. The van der Waals surface area contributed by atoms with Crippen LogP contribution in [0.25, 0.3) is 0 Å². The van der Waals surface area contributed by atoms with Gasteiger partial charge in [-0.1, -0.05) is 83.7 Å². The second-order valence-corrected chi connectivity index (χ2v) is 9.39. The lowest BCUT2D eigenvalue weighted by atomic mass is 9.88.